The lowest BCUT2D eigenvalue weighted by atomic mass is 9.93. The van der Waals surface area contributed by atoms with Gasteiger partial charge in [0.1, 0.15) is 5.02 Å². The number of aliphatic imine (C=N–C) groups is 2. The lowest BCUT2D eigenvalue weighted by molar-refractivity contribution is -0.384. The predicted molar refractivity (Wildman–Crippen MR) is 161 cm³/mol. The van der Waals surface area contributed by atoms with E-state index in [-0.39, 0.29) is 16.8 Å². The number of nitrogens with one attached hydrogen (secondary N) is 1. The van der Waals surface area contributed by atoms with Crippen molar-refractivity contribution in [2.75, 3.05) is 10.2 Å². The number of nitro benzene ring substituents is 1. The molecule has 200 valence electrons. The average Bonchev–Trinajstić information content (AvgIpc) is 3.33. The van der Waals surface area contributed by atoms with Crippen molar-refractivity contribution in [3.8, 4) is 5.69 Å². The molecule has 0 spiro atoms. The van der Waals surface area contributed by atoms with Gasteiger partial charge in [0.05, 0.1) is 33.7 Å². The minimum absolute atomic E-state index is 0.0594. The van der Waals surface area contributed by atoms with E-state index in [0.717, 1.165) is 33.9 Å². The van der Waals surface area contributed by atoms with E-state index in [9.17, 15) is 10.1 Å². The standard InChI is InChI=1S/C31H22ClN7O2/c1-19-27-28(20-10-4-2-5-11-20)37-25-15-9-8-14-24(25)34-29(33-21-16-17-23(32)26(18-21)39(40)41)31(37)35-30(27)38(36-19)22-12-6-3-7-13-22/h2-18,28H,1H3,(H,33,34)/t28-/m0/s1. The lowest BCUT2D eigenvalue weighted by Gasteiger charge is -2.40. The smallest absolute Gasteiger partial charge is 0.289 e. The summed E-state index contributed by atoms with van der Waals surface area (Å²) in [5, 5.41) is 19.9. The van der Waals surface area contributed by atoms with Gasteiger partial charge < -0.3 is 10.2 Å². The van der Waals surface area contributed by atoms with Crippen molar-refractivity contribution < 1.29 is 4.92 Å². The highest BCUT2D eigenvalue weighted by Crippen LogP contribution is 2.48. The summed E-state index contributed by atoms with van der Waals surface area (Å²) in [4.78, 5) is 23.4. The number of hydrogen-bond acceptors (Lipinski definition) is 7. The zero-order valence-electron chi connectivity index (χ0n) is 21.8. The van der Waals surface area contributed by atoms with Gasteiger partial charge in [-0.3, -0.25) is 10.1 Å². The molecule has 9 nitrogen and oxygen atoms in total. The molecule has 41 heavy (non-hydrogen) atoms. The van der Waals surface area contributed by atoms with Crippen molar-refractivity contribution in [3.63, 3.8) is 0 Å². The normalized spacial score (nSPS) is 15.3. The van der Waals surface area contributed by atoms with Gasteiger partial charge in [-0.1, -0.05) is 72.3 Å². The highest BCUT2D eigenvalue weighted by atomic mass is 35.5. The van der Waals surface area contributed by atoms with Crippen LogP contribution in [0.2, 0.25) is 5.02 Å². The zero-order chi connectivity index (χ0) is 28.1. The molecule has 1 aromatic heterocycles. The molecule has 0 radical (unpaired) electrons. The number of rotatable bonds is 4. The summed E-state index contributed by atoms with van der Waals surface area (Å²) in [5.74, 6) is 1.72. The van der Waals surface area contributed by atoms with Crippen LogP contribution in [-0.2, 0) is 0 Å². The first-order chi connectivity index (χ1) is 20.0. The maximum absolute atomic E-state index is 11.6. The van der Waals surface area contributed by atoms with Crippen LogP contribution in [0.15, 0.2) is 113 Å². The van der Waals surface area contributed by atoms with E-state index >= 15 is 0 Å². The van der Waals surface area contributed by atoms with Gasteiger partial charge in [0.25, 0.3) is 5.69 Å². The second-order valence-corrected chi connectivity index (χ2v) is 10.1. The summed E-state index contributed by atoms with van der Waals surface area (Å²) in [6, 6.07) is 32.3. The number of benzene rings is 4. The Kier molecular flexibility index (Phi) is 5.87. The van der Waals surface area contributed by atoms with E-state index in [1.165, 1.54) is 12.1 Å². The topological polar surface area (TPSA) is 101 Å². The fraction of sp³-hybridized carbons (Fsp3) is 0.0645. The maximum atomic E-state index is 11.6. The molecule has 5 aromatic rings. The van der Waals surface area contributed by atoms with Crippen LogP contribution in [0.1, 0.15) is 22.9 Å². The molecule has 1 atom stereocenters. The van der Waals surface area contributed by atoms with E-state index in [1.54, 1.807) is 6.07 Å². The third-order valence-electron chi connectivity index (χ3n) is 7.16. The molecular weight excluding hydrogens is 538 g/mol. The molecule has 1 N–H and O–H groups in total. The van der Waals surface area contributed by atoms with Crippen molar-refractivity contribution in [2.24, 2.45) is 9.98 Å². The van der Waals surface area contributed by atoms with E-state index < -0.39 is 4.92 Å². The zero-order valence-corrected chi connectivity index (χ0v) is 22.5. The molecule has 3 heterocycles. The van der Waals surface area contributed by atoms with Gasteiger partial charge in [-0.15, -0.1) is 0 Å². The van der Waals surface area contributed by atoms with Crippen LogP contribution < -0.4 is 10.2 Å². The Bertz CT molecular complexity index is 1880. The summed E-state index contributed by atoms with van der Waals surface area (Å²) in [7, 11) is 0. The summed E-state index contributed by atoms with van der Waals surface area (Å²) in [6.07, 6.45) is 0. The van der Waals surface area contributed by atoms with Crippen molar-refractivity contribution in [3.05, 3.63) is 135 Å². The first-order valence-electron chi connectivity index (χ1n) is 13.0. The van der Waals surface area contributed by atoms with Crippen molar-refractivity contribution in [1.29, 1.82) is 0 Å². The molecule has 0 unspecified atom stereocenters. The van der Waals surface area contributed by atoms with Crippen LogP contribution in [0, 0.1) is 17.0 Å². The van der Waals surface area contributed by atoms with Crippen LogP contribution in [-0.4, -0.2) is 26.4 Å². The van der Waals surface area contributed by atoms with Gasteiger partial charge in [0, 0.05) is 17.3 Å². The number of nitrogens with zero attached hydrogens (tertiary/aromatic N) is 6. The SMILES string of the molecule is Cc1nn(-c2ccccc2)c2c1[C@H](c1ccccc1)N1C(=N2)C(Nc2ccc(Cl)c([N+](=O)[O-])c2)=Nc2ccccc21. The van der Waals surface area contributed by atoms with Crippen LogP contribution in [0.5, 0.6) is 0 Å². The predicted octanol–water partition coefficient (Wildman–Crippen LogP) is 7.54. The van der Waals surface area contributed by atoms with Crippen LogP contribution in [0.3, 0.4) is 0 Å². The van der Waals surface area contributed by atoms with Gasteiger partial charge in [-0.25, -0.2) is 14.7 Å². The largest absolute Gasteiger partial charge is 0.337 e. The quantitative estimate of drug-likeness (QED) is 0.181. The fourth-order valence-electron chi connectivity index (χ4n) is 5.36. The van der Waals surface area contributed by atoms with E-state index in [1.807, 2.05) is 84.4 Å². The second-order valence-electron chi connectivity index (χ2n) is 9.69. The van der Waals surface area contributed by atoms with Gasteiger partial charge in [0.15, 0.2) is 17.5 Å². The number of aryl methyl sites for hydroxylation is 1. The molecule has 0 saturated carbocycles. The monoisotopic (exact) mass is 559 g/mol. The van der Waals surface area contributed by atoms with Crippen molar-refractivity contribution in [2.45, 2.75) is 13.0 Å². The van der Waals surface area contributed by atoms with E-state index in [0.29, 0.717) is 23.2 Å². The van der Waals surface area contributed by atoms with Gasteiger partial charge in [-0.2, -0.15) is 5.10 Å². The third kappa shape index (κ3) is 4.14. The average molecular weight is 560 g/mol. The van der Waals surface area contributed by atoms with Crippen LogP contribution in [0.25, 0.3) is 5.69 Å². The molecule has 0 bridgehead atoms. The Labute approximate surface area is 240 Å². The fourth-order valence-corrected chi connectivity index (χ4v) is 5.55. The Morgan fingerprint density at radius 3 is 2.37 bits per heavy atom. The number of halogens is 1. The third-order valence-corrected chi connectivity index (χ3v) is 7.48. The van der Waals surface area contributed by atoms with Crippen molar-refractivity contribution in [1.82, 2.24) is 9.78 Å². The number of anilines is 2. The molecule has 2 aliphatic rings. The first kappa shape index (κ1) is 24.7. The number of nitro groups is 1. The summed E-state index contributed by atoms with van der Waals surface area (Å²) in [6.45, 7) is 2.00. The van der Waals surface area contributed by atoms with Gasteiger partial charge >= 0.3 is 0 Å². The number of para-hydroxylation sites is 3. The van der Waals surface area contributed by atoms with E-state index in [2.05, 4.69) is 22.3 Å². The lowest BCUT2D eigenvalue weighted by Crippen LogP contribution is -2.46. The summed E-state index contributed by atoms with van der Waals surface area (Å²) in [5.41, 5.74) is 5.72. The van der Waals surface area contributed by atoms with Gasteiger partial charge in [0.2, 0.25) is 0 Å². The first-order valence-corrected chi connectivity index (χ1v) is 13.3. The molecule has 0 fully saturated rings. The van der Waals surface area contributed by atoms with Crippen molar-refractivity contribution >= 4 is 51.8 Å². The van der Waals surface area contributed by atoms with Crippen LogP contribution >= 0.6 is 11.6 Å². The molecule has 0 amide bonds. The number of hydrogen-bond donors (Lipinski definition) is 1. The van der Waals surface area contributed by atoms with Gasteiger partial charge in [-0.05, 0) is 48.9 Å². The summed E-state index contributed by atoms with van der Waals surface area (Å²) >= 11 is 6.09. The number of aromatic nitrogens is 2. The molecular formula is C31H22ClN7O2. The molecule has 0 saturated heterocycles. The maximum Gasteiger partial charge on any atom is 0.289 e. The summed E-state index contributed by atoms with van der Waals surface area (Å²) < 4.78 is 1.86. The second kappa shape index (κ2) is 9.72. The highest BCUT2D eigenvalue weighted by molar-refractivity contribution is 6.51. The van der Waals surface area contributed by atoms with Crippen LogP contribution in [0.4, 0.5) is 28.6 Å². The molecule has 10 heteroatoms. The minimum atomic E-state index is -0.505. The minimum Gasteiger partial charge on any atom is -0.337 e. The Morgan fingerprint density at radius 1 is 0.902 bits per heavy atom. The Balaban J connectivity index is 1.47. The van der Waals surface area contributed by atoms with E-state index in [4.69, 9.17) is 26.7 Å². The Morgan fingerprint density at radius 2 is 1.61 bits per heavy atom. The molecule has 0 aliphatic carbocycles. The number of amidine groups is 2. The number of fused-ring (bicyclic) bond motifs is 4. The molecule has 4 aromatic carbocycles. The molecule has 7 rings (SSSR count). The highest BCUT2D eigenvalue weighted by Gasteiger charge is 2.41. The molecule has 2 aliphatic heterocycles. The Hall–Kier alpha value is -5.28.